The number of carbonyl (C=O) groups is 2. The van der Waals surface area contributed by atoms with Gasteiger partial charge in [-0.05, 0) is 23.6 Å². The molecule has 0 fully saturated rings. The molecule has 26 heavy (non-hydrogen) atoms. The van der Waals surface area contributed by atoms with Crippen molar-refractivity contribution in [3.05, 3.63) is 59.6 Å². The van der Waals surface area contributed by atoms with E-state index in [0.717, 1.165) is 10.6 Å². The second-order valence-electron chi connectivity index (χ2n) is 5.38. The van der Waals surface area contributed by atoms with Crippen LogP contribution >= 0.6 is 11.3 Å². The molecule has 0 aliphatic carbocycles. The molecule has 3 rings (SSSR count). The maximum atomic E-state index is 12.7. The smallest absolute Gasteiger partial charge is 0.330 e. The molecule has 0 bridgehead atoms. The molecule has 0 aliphatic heterocycles. The Labute approximate surface area is 153 Å². The third-order valence-electron chi connectivity index (χ3n) is 3.71. The topological polar surface area (TPSA) is 93.5 Å². The fraction of sp³-hybridized carbons (Fsp3) is 0.167. The Morgan fingerprint density at radius 2 is 2.04 bits per heavy atom. The van der Waals surface area contributed by atoms with Gasteiger partial charge in [0.15, 0.2) is 6.04 Å². The van der Waals surface area contributed by atoms with E-state index >= 15 is 0 Å². The van der Waals surface area contributed by atoms with E-state index in [1.54, 1.807) is 10.9 Å². The summed E-state index contributed by atoms with van der Waals surface area (Å²) in [6, 6.07) is 12.0. The number of methoxy groups -OCH3 is 1. The first-order valence-electron chi connectivity index (χ1n) is 7.82. The number of hydrogen-bond donors (Lipinski definition) is 2. The molecule has 0 aliphatic rings. The average Bonchev–Trinajstić information content (AvgIpc) is 3.35. The van der Waals surface area contributed by atoms with Gasteiger partial charge in [-0.25, -0.2) is 9.48 Å². The fourth-order valence-corrected chi connectivity index (χ4v) is 3.13. The quantitative estimate of drug-likeness (QED) is 0.645. The van der Waals surface area contributed by atoms with E-state index in [0.29, 0.717) is 11.3 Å². The number of esters is 1. The summed E-state index contributed by atoms with van der Waals surface area (Å²) in [6.07, 6.45) is 1.60. The zero-order valence-corrected chi connectivity index (χ0v) is 14.8. The van der Waals surface area contributed by atoms with Crippen molar-refractivity contribution in [1.82, 2.24) is 15.1 Å². The number of thiophene rings is 1. The molecule has 2 aromatic heterocycles. The van der Waals surface area contributed by atoms with E-state index in [4.69, 9.17) is 0 Å². The van der Waals surface area contributed by atoms with E-state index in [2.05, 4.69) is 15.2 Å². The molecule has 0 unspecified atom stereocenters. The number of aromatic nitrogens is 2. The molecular formula is C18H17N3O4S. The molecule has 134 valence electrons. The third-order valence-corrected chi connectivity index (χ3v) is 4.58. The normalized spacial score (nSPS) is 11.8. The summed E-state index contributed by atoms with van der Waals surface area (Å²) in [4.78, 5) is 25.2. The highest BCUT2D eigenvalue weighted by Crippen LogP contribution is 2.27. The number of benzene rings is 1. The molecular weight excluding hydrogens is 354 g/mol. The van der Waals surface area contributed by atoms with Gasteiger partial charge < -0.3 is 15.2 Å². The van der Waals surface area contributed by atoms with Gasteiger partial charge >= 0.3 is 5.97 Å². The minimum Gasteiger partial charge on any atom is -0.467 e. The van der Waals surface area contributed by atoms with E-state index in [9.17, 15) is 14.7 Å². The largest absolute Gasteiger partial charge is 0.467 e. The van der Waals surface area contributed by atoms with Gasteiger partial charge in [0.2, 0.25) is 0 Å². The molecule has 2 heterocycles. The van der Waals surface area contributed by atoms with Crippen molar-refractivity contribution in [2.45, 2.75) is 6.04 Å². The summed E-state index contributed by atoms with van der Waals surface area (Å²) in [5.41, 5.74) is 1.61. The van der Waals surface area contributed by atoms with Crippen molar-refractivity contribution in [2.24, 2.45) is 0 Å². The molecule has 1 atom stereocenters. The number of nitrogens with zero attached hydrogens (tertiary/aromatic N) is 2. The minimum atomic E-state index is -1.14. The Morgan fingerprint density at radius 1 is 1.27 bits per heavy atom. The van der Waals surface area contributed by atoms with Gasteiger partial charge in [-0.3, -0.25) is 4.79 Å². The van der Waals surface area contributed by atoms with Crippen LogP contribution in [-0.2, 0) is 9.53 Å². The van der Waals surface area contributed by atoms with Gasteiger partial charge in [-0.1, -0.05) is 24.3 Å². The van der Waals surface area contributed by atoms with Crippen molar-refractivity contribution in [3.8, 4) is 16.3 Å². The van der Waals surface area contributed by atoms with Crippen LogP contribution in [0.4, 0.5) is 0 Å². The molecule has 0 spiro atoms. The van der Waals surface area contributed by atoms with Crippen LogP contribution < -0.4 is 5.32 Å². The van der Waals surface area contributed by atoms with Gasteiger partial charge in [0.1, 0.15) is 5.69 Å². The Hall–Kier alpha value is -2.97. The van der Waals surface area contributed by atoms with Gasteiger partial charge in [0.05, 0.1) is 29.8 Å². The predicted octanol–water partition coefficient (Wildman–Crippen LogP) is 1.86. The highest BCUT2D eigenvalue weighted by Gasteiger charge is 2.25. The average molecular weight is 371 g/mol. The van der Waals surface area contributed by atoms with Crippen LogP contribution in [0.3, 0.4) is 0 Å². The Bertz CT molecular complexity index is 891. The van der Waals surface area contributed by atoms with Crippen molar-refractivity contribution in [2.75, 3.05) is 13.7 Å². The lowest BCUT2D eigenvalue weighted by molar-refractivity contribution is -0.143. The highest BCUT2D eigenvalue weighted by atomic mass is 32.1. The SMILES string of the molecule is COC(=O)[C@H](CO)NC(=O)c1cn(-c2ccccc2)nc1-c1cccs1. The number of carbonyl (C=O) groups excluding carboxylic acids is 2. The molecule has 7 nitrogen and oxygen atoms in total. The first-order valence-corrected chi connectivity index (χ1v) is 8.70. The van der Waals surface area contributed by atoms with Crippen LogP contribution in [0.15, 0.2) is 54.0 Å². The molecule has 1 aromatic carbocycles. The number of amides is 1. The summed E-state index contributed by atoms with van der Waals surface area (Å²) in [5, 5.41) is 18.2. The summed E-state index contributed by atoms with van der Waals surface area (Å²) in [5.74, 6) is -1.23. The molecule has 3 aromatic rings. The van der Waals surface area contributed by atoms with Gasteiger partial charge in [0.25, 0.3) is 5.91 Å². The minimum absolute atomic E-state index is 0.304. The summed E-state index contributed by atoms with van der Waals surface area (Å²) in [7, 11) is 1.20. The molecule has 0 radical (unpaired) electrons. The van der Waals surface area contributed by atoms with Gasteiger partial charge in [0, 0.05) is 6.20 Å². The number of para-hydroxylation sites is 1. The van der Waals surface area contributed by atoms with Gasteiger partial charge in [-0.15, -0.1) is 11.3 Å². The molecule has 8 heteroatoms. The Morgan fingerprint density at radius 3 is 2.65 bits per heavy atom. The monoisotopic (exact) mass is 371 g/mol. The van der Waals surface area contributed by atoms with Crippen molar-refractivity contribution >= 4 is 23.2 Å². The van der Waals surface area contributed by atoms with Crippen molar-refractivity contribution in [3.63, 3.8) is 0 Å². The van der Waals surface area contributed by atoms with Crippen LogP contribution in [-0.4, -0.2) is 46.5 Å². The van der Waals surface area contributed by atoms with E-state index in [1.807, 2.05) is 47.8 Å². The van der Waals surface area contributed by atoms with Gasteiger partial charge in [-0.2, -0.15) is 5.10 Å². The number of hydrogen-bond acceptors (Lipinski definition) is 6. The van der Waals surface area contributed by atoms with Crippen LogP contribution in [0.5, 0.6) is 0 Å². The lowest BCUT2D eigenvalue weighted by Crippen LogP contribution is -2.44. The van der Waals surface area contributed by atoms with Crippen LogP contribution in [0.25, 0.3) is 16.3 Å². The lowest BCUT2D eigenvalue weighted by Gasteiger charge is -2.13. The number of aliphatic hydroxyl groups excluding tert-OH is 1. The predicted molar refractivity (Wildman–Crippen MR) is 97.2 cm³/mol. The molecule has 2 N–H and O–H groups in total. The number of rotatable bonds is 6. The third kappa shape index (κ3) is 3.66. The number of ether oxygens (including phenoxy) is 1. The Balaban J connectivity index is 1.98. The molecule has 0 saturated carbocycles. The van der Waals surface area contributed by atoms with Crippen LogP contribution in [0.2, 0.25) is 0 Å². The van der Waals surface area contributed by atoms with Crippen LogP contribution in [0, 0.1) is 0 Å². The fourth-order valence-electron chi connectivity index (χ4n) is 2.41. The lowest BCUT2D eigenvalue weighted by atomic mass is 10.2. The first kappa shape index (κ1) is 17.8. The maximum absolute atomic E-state index is 12.7. The summed E-state index contributed by atoms with van der Waals surface area (Å²) < 4.78 is 6.19. The second-order valence-corrected chi connectivity index (χ2v) is 6.33. The summed E-state index contributed by atoms with van der Waals surface area (Å²) in [6.45, 7) is -0.556. The first-order chi connectivity index (χ1) is 12.6. The standard InChI is InChI=1S/C18H17N3O4S/c1-25-18(24)14(11-22)19-17(23)13-10-21(12-6-3-2-4-7-12)20-16(13)15-8-5-9-26-15/h2-10,14,22H,11H2,1H3,(H,19,23)/t14-/m0/s1. The van der Waals surface area contributed by atoms with Crippen molar-refractivity contribution < 1.29 is 19.4 Å². The molecule has 1 amide bonds. The van der Waals surface area contributed by atoms with Crippen LogP contribution in [0.1, 0.15) is 10.4 Å². The number of nitrogens with one attached hydrogen (secondary N) is 1. The summed E-state index contributed by atoms with van der Waals surface area (Å²) >= 11 is 1.45. The zero-order chi connectivity index (χ0) is 18.5. The van der Waals surface area contributed by atoms with Crippen molar-refractivity contribution in [1.29, 1.82) is 0 Å². The highest BCUT2D eigenvalue weighted by molar-refractivity contribution is 7.13. The number of aliphatic hydroxyl groups is 1. The van der Waals surface area contributed by atoms with E-state index in [1.165, 1.54) is 18.4 Å². The Kier molecular flexibility index (Phi) is 5.45. The molecule has 0 saturated heterocycles. The maximum Gasteiger partial charge on any atom is 0.330 e. The van der Waals surface area contributed by atoms with E-state index in [-0.39, 0.29) is 0 Å². The van der Waals surface area contributed by atoms with E-state index < -0.39 is 24.5 Å². The zero-order valence-electron chi connectivity index (χ0n) is 14.0. The second kappa shape index (κ2) is 7.94.